The zero-order chi connectivity index (χ0) is 18.4. The number of carbonyl (C=O) groups is 2. The molecule has 3 amide bonds. The van der Waals surface area contributed by atoms with E-state index in [1.54, 1.807) is 11.8 Å². The van der Waals surface area contributed by atoms with Gasteiger partial charge in [-0.2, -0.15) is 0 Å². The van der Waals surface area contributed by atoms with Crippen molar-refractivity contribution in [3.63, 3.8) is 0 Å². The quantitative estimate of drug-likeness (QED) is 0.869. The van der Waals surface area contributed by atoms with Crippen LogP contribution >= 0.6 is 0 Å². The Bertz CT molecular complexity index is 608. The average Bonchev–Trinajstić information content (AvgIpc) is 2.57. The molecule has 0 saturated carbocycles. The van der Waals surface area contributed by atoms with E-state index in [9.17, 15) is 9.59 Å². The molecule has 25 heavy (non-hydrogen) atoms. The first-order valence-corrected chi connectivity index (χ1v) is 9.01. The number of anilines is 1. The monoisotopic (exact) mass is 347 g/mol. The predicted molar refractivity (Wildman–Crippen MR) is 99.0 cm³/mol. The van der Waals surface area contributed by atoms with Crippen LogP contribution in [-0.2, 0) is 4.74 Å². The molecule has 1 saturated heterocycles. The minimum Gasteiger partial charge on any atom is -0.450 e. The zero-order valence-corrected chi connectivity index (χ0v) is 15.6. The molecule has 0 aliphatic carbocycles. The number of piperidine rings is 1. The number of likely N-dealkylation sites (tertiary alicyclic amines) is 1. The summed E-state index contributed by atoms with van der Waals surface area (Å²) in [5.41, 5.74) is 3.07. The Morgan fingerprint density at radius 1 is 1.28 bits per heavy atom. The van der Waals surface area contributed by atoms with E-state index < -0.39 is 0 Å². The molecule has 6 nitrogen and oxygen atoms in total. The molecule has 0 radical (unpaired) electrons. The van der Waals surface area contributed by atoms with Gasteiger partial charge in [0.05, 0.1) is 6.61 Å². The fourth-order valence-corrected chi connectivity index (χ4v) is 3.10. The second-order valence-electron chi connectivity index (χ2n) is 6.75. The summed E-state index contributed by atoms with van der Waals surface area (Å²) in [6.07, 6.45) is 1.19. The van der Waals surface area contributed by atoms with Crippen LogP contribution in [0.15, 0.2) is 18.2 Å². The van der Waals surface area contributed by atoms with E-state index in [1.807, 2.05) is 25.1 Å². The van der Waals surface area contributed by atoms with E-state index in [0.717, 1.165) is 29.7 Å². The molecule has 2 N–H and O–H groups in total. The Morgan fingerprint density at radius 3 is 2.56 bits per heavy atom. The van der Waals surface area contributed by atoms with E-state index in [0.29, 0.717) is 25.6 Å². The van der Waals surface area contributed by atoms with Gasteiger partial charge in [-0.25, -0.2) is 9.59 Å². The SMILES string of the molecule is CCOC(=O)N1CCC(NC(=O)Nc2c(C)cccc2C(C)C)CC1. The molecule has 0 spiro atoms. The number of urea groups is 1. The molecule has 1 heterocycles. The van der Waals surface area contributed by atoms with E-state index in [1.165, 1.54) is 0 Å². The van der Waals surface area contributed by atoms with Crippen molar-refractivity contribution >= 4 is 17.8 Å². The van der Waals surface area contributed by atoms with Gasteiger partial charge in [0.15, 0.2) is 0 Å². The number of hydrogen-bond donors (Lipinski definition) is 2. The van der Waals surface area contributed by atoms with Crippen molar-refractivity contribution in [1.29, 1.82) is 0 Å². The van der Waals surface area contributed by atoms with Crippen molar-refractivity contribution in [2.45, 2.75) is 52.5 Å². The number of nitrogens with zero attached hydrogens (tertiary/aromatic N) is 1. The van der Waals surface area contributed by atoms with Gasteiger partial charge in [0.1, 0.15) is 0 Å². The summed E-state index contributed by atoms with van der Waals surface area (Å²) >= 11 is 0. The Balaban J connectivity index is 1.89. The van der Waals surface area contributed by atoms with Crippen LogP contribution in [0.2, 0.25) is 0 Å². The Kier molecular flexibility index (Phi) is 6.67. The summed E-state index contributed by atoms with van der Waals surface area (Å²) < 4.78 is 5.01. The molecule has 1 aliphatic heterocycles. The van der Waals surface area contributed by atoms with Crippen LogP contribution in [0.3, 0.4) is 0 Å². The molecule has 6 heteroatoms. The lowest BCUT2D eigenvalue weighted by Gasteiger charge is -2.31. The number of amides is 3. The summed E-state index contributed by atoms with van der Waals surface area (Å²) in [6.45, 7) is 9.61. The molecular weight excluding hydrogens is 318 g/mol. The molecule has 1 aromatic carbocycles. The highest BCUT2D eigenvalue weighted by atomic mass is 16.6. The van der Waals surface area contributed by atoms with Crippen LogP contribution in [0, 0.1) is 6.92 Å². The first kappa shape index (κ1) is 19.1. The number of nitrogens with one attached hydrogen (secondary N) is 2. The summed E-state index contributed by atoms with van der Waals surface area (Å²) in [7, 11) is 0. The van der Waals surface area contributed by atoms with Gasteiger partial charge in [-0.15, -0.1) is 0 Å². The van der Waals surface area contributed by atoms with Gasteiger partial charge >= 0.3 is 12.1 Å². The van der Waals surface area contributed by atoms with Gasteiger partial charge in [0.2, 0.25) is 0 Å². The smallest absolute Gasteiger partial charge is 0.409 e. The van der Waals surface area contributed by atoms with Crippen LogP contribution in [-0.4, -0.2) is 42.8 Å². The second-order valence-corrected chi connectivity index (χ2v) is 6.75. The number of para-hydroxylation sites is 1. The molecule has 2 rings (SSSR count). The Morgan fingerprint density at radius 2 is 1.96 bits per heavy atom. The predicted octanol–water partition coefficient (Wildman–Crippen LogP) is 3.86. The van der Waals surface area contributed by atoms with Crippen LogP contribution in [0.25, 0.3) is 0 Å². The first-order chi connectivity index (χ1) is 11.9. The van der Waals surface area contributed by atoms with Crippen molar-refractivity contribution in [3.8, 4) is 0 Å². The molecule has 0 unspecified atom stereocenters. The Hall–Kier alpha value is -2.24. The van der Waals surface area contributed by atoms with Crippen molar-refractivity contribution in [2.24, 2.45) is 0 Å². The van der Waals surface area contributed by atoms with Crippen molar-refractivity contribution in [2.75, 3.05) is 25.0 Å². The van der Waals surface area contributed by atoms with Crippen LogP contribution < -0.4 is 10.6 Å². The van der Waals surface area contributed by atoms with E-state index in [-0.39, 0.29) is 18.2 Å². The van der Waals surface area contributed by atoms with Gasteiger partial charge in [-0.3, -0.25) is 0 Å². The lowest BCUT2D eigenvalue weighted by Crippen LogP contribution is -2.47. The maximum absolute atomic E-state index is 12.4. The third-order valence-electron chi connectivity index (χ3n) is 4.52. The summed E-state index contributed by atoms with van der Waals surface area (Å²) in [5.74, 6) is 0.336. The van der Waals surface area contributed by atoms with Crippen LogP contribution in [0.4, 0.5) is 15.3 Å². The van der Waals surface area contributed by atoms with Crippen molar-refractivity contribution in [1.82, 2.24) is 10.2 Å². The minimum atomic E-state index is -0.271. The van der Waals surface area contributed by atoms with Gasteiger partial charge in [-0.05, 0) is 43.7 Å². The normalized spacial score (nSPS) is 15.2. The lowest BCUT2D eigenvalue weighted by molar-refractivity contribution is 0.0959. The van der Waals surface area contributed by atoms with Gasteiger partial charge in [-0.1, -0.05) is 32.0 Å². The maximum atomic E-state index is 12.4. The largest absolute Gasteiger partial charge is 0.450 e. The molecule has 0 bridgehead atoms. The highest BCUT2D eigenvalue weighted by Gasteiger charge is 2.24. The van der Waals surface area contributed by atoms with Crippen LogP contribution in [0.1, 0.15) is 50.7 Å². The summed E-state index contributed by atoms with van der Waals surface area (Å²) in [6, 6.07) is 5.94. The molecule has 0 aromatic heterocycles. The number of carbonyl (C=O) groups excluding carboxylic acids is 2. The summed E-state index contributed by atoms with van der Waals surface area (Å²) in [5, 5.41) is 6.03. The number of benzene rings is 1. The lowest BCUT2D eigenvalue weighted by atomic mass is 9.98. The van der Waals surface area contributed by atoms with Crippen molar-refractivity contribution < 1.29 is 14.3 Å². The highest BCUT2D eigenvalue weighted by Crippen LogP contribution is 2.27. The van der Waals surface area contributed by atoms with E-state index in [2.05, 4.69) is 24.5 Å². The number of ether oxygens (including phenoxy) is 1. The first-order valence-electron chi connectivity index (χ1n) is 9.01. The standard InChI is InChI=1S/C19H29N3O3/c1-5-25-19(24)22-11-9-15(10-12-22)20-18(23)21-17-14(4)7-6-8-16(17)13(2)3/h6-8,13,15H,5,9-12H2,1-4H3,(H2,20,21,23). The van der Waals surface area contributed by atoms with Crippen molar-refractivity contribution in [3.05, 3.63) is 29.3 Å². The molecule has 1 aliphatic rings. The summed E-state index contributed by atoms with van der Waals surface area (Å²) in [4.78, 5) is 25.8. The molecule has 138 valence electrons. The number of aryl methyl sites for hydroxylation is 1. The topological polar surface area (TPSA) is 70.7 Å². The van der Waals surface area contributed by atoms with Gasteiger partial charge in [0, 0.05) is 24.8 Å². The molecular formula is C19H29N3O3. The molecule has 0 atom stereocenters. The van der Waals surface area contributed by atoms with Gasteiger partial charge in [0.25, 0.3) is 0 Å². The van der Waals surface area contributed by atoms with Crippen LogP contribution in [0.5, 0.6) is 0 Å². The second kappa shape index (κ2) is 8.74. The fourth-order valence-electron chi connectivity index (χ4n) is 3.10. The maximum Gasteiger partial charge on any atom is 0.409 e. The van der Waals surface area contributed by atoms with Gasteiger partial charge < -0.3 is 20.3 Å². The third-order valence-corrected chi connectivity index (χ3v) is 4.52. The average molecular weight is 347 g/mol. The third kappa shape index (κ3) is 5.11. The van der Waals surface area contributed by atoms with E-state index in [4.69, 9.17) is 4.74 Å². The zero-order valence-electron chi connectivity index (χ0n) is 15.6. The Labute approximate surface area is 149 Å². The highest BCUT2D eigenvalue weighted by molar-refractivity contribution is 5.91. The minimum absolute atomic E-state index is 0.0668. The number of hydrogen-bond acceptors (Lipinski definition) is 3. The molecule has 1 aromatic rings. The number of rotatable bonds is 4. The molecule has 1 fully saturated rings. The fraction of sp³-hybridized carbons (Fsp3) is 0.579. The van der Waals surface area contributed by atoms with E-state index >= 15 is 0 Å².